The van der Waals surface area contributed by atoms with Gasteiger partial charge in [0.05, 0.1) is 37.2 Å². The van der Waals surface area contributed by atoms with Gasteiger partial charge in [-0.25, -0.2) is 19.9 Å². The first kappa shape index (κ1) is 54.6. The maximum Gasteiger partial charge on any atom is 0.245 e. The smallest absolute Gasteiger partial charge is 0.245 e. The van der Waals surface area contributed by atoms with E-state index in [-0.39, 0.29) is 17.2 Å². The lowest BCUT2D eigenvalue weighted by Gasteiger charge is -2.41. The van der Waals surface area contributed by atoms with E-state index in [1.54, 1.807) is 80.8 Å². The van der Waals surface area contributed by atoms with Gasteiger partial charge in [-0.05, 0) is 105 Å². The van der Waals surface area contributed by atoms with Crippen LogP contribution in [0.2, 0.25) is 0 Å². The number of aryl methyl sites for hydroxylation is 1. The van der Waals surface area contributed by atoms with Crippen molar-refractivity contribution in [1.82, 2.24) is 86.9 Å². The van der Waals surface area contributed by atoms with Gasteiger partial charge in [-0.2, -0.15) is 10.2 Å². The highest BCUT2D eigenvalue weighted by atomic mass is 16.4. The molecule has 15 rings (SSSR count). The minimum atomic E-state index is 0.0943. The summed E-state index contributed by atoms with van der Waals surface area (Å²) in [6.07, 6.45) is 22.3. The van der Waals surface area contributed by atoms with Crippen molar-refractivity contribution >= 4 is 17.8 Å². The second-order valence-corrected chi connectivity index (χ2v) is 22.5. The Hall–Kier alpha value is -9.00. The van der Waals surface area contributed by atoms with Crippen molar-refractivity contribution in [2.45, 2.75) is 95.4 Å². The zero-order valence-corrected chi connectivity index (χ0v) is 46.9. The monoisotopic (exact) mass is 1120 g/mol. The van der Waals surface area contributed by atoms with E-state index in [2.05, 4.69) is 115 Å². The highest BCUT2D eigenvalue weighted by Gasteiger charge is 2.51. The summed E-state index contributed by atoms with van der Waals surface area (Å²) in [6, 6.07) is 18.0. The molecule has 9 aromatic rings. The molecule has 2 unspecified atom stereocenters. The van der Waals surface area contributed by atoms with Gasteiger partial charge in [0.1, 0.15) is 34.3 Å². The number of hydrogen-bond acceptors (Lipinski definition) is 22. The first-order valence-corrected chi connectivity index (χ1v) is 28.4. The predicted octanol–water partition coefficient (Wildman–Crippen LogP) is 6.96. The number of hydrogen-bond donors (Lipinski definition) is 8. The van der Waals surface area contributed by atoms with Gasteiger partial charge in [0.2, 0.25) is 17.8 Å². The van der Waals surface area contributed by atoms with Crippen molar-refractivity contribution < 1.29 is 19.7 Å². The first-order chi connectivity index (χ1) is 40.4. The molecule has 3 aromatic carbocycles. The van der Waals surface area contributed by atoms with E-state index < -0.39 is 0 Å². The standard InChI is InChI=1S/C22H25N7O.C19H23N7O.C18H20N6O2/c30-20-7-15(16-10-24-25-11-16)1-2-18(20)19-12-23-21(28-27-19)29-6-4-17(13-29)26-22-5-3-14(8-22)9-22;1-12(2)23-15-5-6-26(11-15)19-20-10-17(24-25-19)16-4-3-13(7-18(16)27)14-8-21-22-9-14;1-11-20-9-17(26-11)12-3-4-14(16(25)7-12)15-8-21-18(23-22-15)24-6-5-13(10-24)19-2/h1-2,7,10-12,14,17,26,30H,3-6,8-9,13H2,(H,24,25);3-4,7-10,12,15,23,27H,5-6,11H2,1-2H3,(H,21,22);3-4,7-9,13,19,25H,5-6,10H2,1-2H3/t;15-;/m.0./s1. The molecule has 24 nitrogen and oxygen atoms in total. The highest BCUT2D eigenvalue weighted by molar-refractivity contribution is 5.75. The lowest BCUT2D eigenvalue weighted by molar-refractivity contribution is 0.173. The number of aromatic nitrogens is 14. The second kappa shape index (κ2) is 23.8. The van der Waals surface area contributed by atoms with Crippen LogP contribution < -0.4 is 30.7 Å². The van der Waals surface area contributed by atoms with Gasteiger partial charge in [-0.15, -0.1) is 30.6 Å². The predicted molar refractivity (Wildman–Crippen MR) is 313 cm³/mol. The number of fused-ring (bicyclic) bond motifs is 1. The SMILES string of the molecule is CC(C)N[C@H]1CCN(c2ncc(-c3ccc(-c4cn[nH]c4)cc3O)nn2)C1.CNC1CCN(c2ncc(-c3ccc(-c4cnc(C)o4)cc3O)nn2)C1.Oc1cc(-c2cn[nH]c2)ccc1-c1cnc(N2CCC(NC34CCC(C3)C4)C2)nn1. The molecule has 6 fully saturated rings. The fourth-order valence-corrected chi connectivity index (χ4v) is 12.0. The molecule has 3 saturated heterocycles. The van der Waals surface area contributed by atoms with Crippen molar-refractivity contribution in [2.75, 3.05) is 61.0 Å². The van der Waals surface area contributed by atoms with Crippen molar-refractivity contribution in [1.29, 1.82) is 0 Å². The molecule has 24 heteroatoms. The molecule has 6 aliphatic rings. The number of likely N-dealkylation sites (N-methyl/N-ethyl adjacent to an activating group) is 1. The molecule has 3 saturated carbocycles. The molecule has 3 aliphatic carbocycles. The van der Waals surface area contributed by atoms with Crippen LogP contribution >= 0.6 is 0 Å². The first-order valence-electron chi connectivity index (χ1n) is 28.4. The molecule has 428 valence electrons. The fraction of sp³-hybridized carbons (Fsp3) is 0.390. The summed E-state index contributed by atoms with van der Waals surface area (Å²) in [5, 5.41) is 81.1. The van der Waals surface area contributed by atoms with Crippen LogP contribution in [0.25, 0.3) is 67.3 Å². The summed E-state index contributed by atoms with van der Waals surface area (Å²) < 4.78 is 5.49. The molecular formula is C59H68N20O4. The summed E-state index contributed by atoms with van der Waals surface area (Å²) in [4.78, 5) is 23.9. The molecule has 0 amide bonds. The van der Waals surface area contributed by atoms with Gasteiger partial charge in [-0.1, -0.05) is 32.0 Å². The molecular weight excluding hydrogens is 1050 g/mol. The minimum absolute atomic E-state index is 0.0943. The van der Waals surface area contributed by atoms with Gasteiger partial charge < -0.3 is 50.4 Å². The zero-order chi connectivity index (χ0) is 57.0. The Morgan fingerprint density at radius 3 is 1.42 bits per heavy atom. The Bertz CT molecular complexity index is 3590. The summed E-state index contributed by atoms with van der Waals surface area (Å²) in [7, 11) is 1.96. The minimum Gasteiger partial charge on any atom is -0.507 e. The molecule has 83 heavy (non-hydrogen) atoms. The van der Waals surface area contributed by atoms with Gasteiger partial charge >= 0.3 is 0 Å². The van der Waals surface area contributed by atoms with Crippen LogP contribution in [0.5, 0.6) is 17.2 Å². The van der Waals surface area contributed by atoms with Crippen molar-refractivity contribution in [3.8, 4) is 84.6 Å². The number of phenols is 3. The quantitative estimate of drug-likeness (QED) is 0.0545. The average Bonchev–Trinajstić information content (AvgIpc) is 4.10. The van der Waals surface area contributed by atoms with Crippen molar-refractivity contribution in [3.05, 3.63) is 110 Å². The van der Waals surface area contributed by atoms with Crippen LogP contribution in [0.15, 0.2) is 109 Å². The van der Waals surface area contributed by atoms with Crippen molar-refractivity contribution in [3.63, 3.8) is 0 Å². The van der Waals surface area contributed by atoms with Gasteiger partial charge in [-0.3, -0.25) is 10.2 Å². The normalized spacial score (nSPS) is 20.8. The summed E-state index contributed by atoms with van der Waals surface area (Å²) in [5.74, 6) is 4.44. The fourth-order valence-electron chi connectivity index (χ4n) is 12.0. The molecule has 2 bridgehead atoms. The lowest BCUT2D eigenvalue weighted by Crippen LogP contribution is -2.54. The molecule has 0 radical (unpaired) electrons. The number of aromatic hydroxyl groups is 3. The van der Waals surface area contributed by atoms with E-state index in [1.807, 2.05) is 37.4 Å². The van der Waals surface area contributed by atoms with Crippen LogP contribution in [-0.2, 0) is 0 Å². The van der Waals surface area contributed by atoms with E-state index in [4.69, 9.17) is 4.42 Å². The molecule has 6 aromatic heterocycles. The topological polar surface area (TPSA) is 306 Å². The van der Waals surface area contributed by atoms with Gasteiger partial charge in [0, 0.05) is 122 Å². The van der Waals surface area contributed by atoms with E-state index >= 15 is 0 Å². The Labute approximate surface area is 479 Å². The number of H-pyrrole nitrogens is 2. The molecule has 9 heterocycles. The molecule has 8 N–H and O–H groups in total. The third kappa shape index (κ3) is 12.3. The highest BCUT2D eigenvalue weighted by Crippen LogP contribution is 2.52. The lowest BCUT2D eigenvalue weighted by atomic mass is 9.76. The van der Waals surface area contributed by atoms with Crippen molar-refractivity contribution in [2.24, 2.45) is 5.92 Å². The van der Waals surface area contributed by atoms with Gasteiger partial charge in [0.15, 0.2) is 11.7 Å². The van der Waals surface area contributed by atoms with E-state index in [9.17, 15) is 15.3 Å². The number of nitrogens with zero attached hydrogens (tertiary/aromatic N) is 15. The number of oxazole rings is 1. The second-order valence-electron chi connectivity index (χ2n) is 22.5. The Balaban J connectivity index is 0.000000123. The van der Waals surface area contributed by atoms with Crippen LogP contribution in [0.3, 0.4) is 0 Å². The van der Waals surface area contributed by atoms with E-state index in [0.717, 1.165) is 92.3 Å². The number of nitrogens with one attached hydrogen (secondary N) is 5. The number of aromatic amines is 2. The van der Waals surface area contributed by atoms with Gasteiger partial charge in [0.25, 0.3) is 0 Å². The third-order valence-electron chi connectivity index (χ3n) is 16.3. The zero-order valence-electron chi connectivity index (χ0n) is 46.9. The molecule has 3 aliphatic heterocycles. The largest absolute Gasteiger partial charge is 0.507 e. The number of benzene rings is 3. The number of anilines is 3. The third-order valence-corrected chi connectivity index (χ3v) is 16.3. The van der Waals surface area contributed by atoms with E-state index in [0.29, 0.717) is 93.0 Å². The van der Waals surface area contributed by atoms with E-state index in [1.165, 1.54) is 25.7 Å². The summed E-state index contributed by atoms with van der Waals surface area (Å²) in [6.45, 7) is 11.5. The molecule has 0 spiro atoms. The Morgan fingerprint density at radius 1 is 0.554 bits per heavy atom. The number of phenolic OH excluding ortho intramolecular Hbond substituents is 3. The Morgan fingerprint density at radius 2 is 1.02 bits per heavy atom. The summed E-state index contributed by atoms with van der Waals surface area (Å²) in [5.41, 5.74) is 8.21. The average molecular weight is 1120 g/mol. The number of rotatable bonds is 14. The molecule has 3 atom stereocenters. The van der Waals surface area contributed by atoms with Crippen LogP contribution in [0, 0.1) is 12.8 Å². The maximum absolute atomic E-state index is 10.5. The Kier molecular flexibility index (Phi) is 15.7. The van der Waals surface area contributed by atoms with Crippen LogP contribution in [-0.4, -0.2) is 162 Å². The summed E-state index contributed by atoms with van der Waals surface area (Å²) >= 11 is 0. The van der Waals surface area contributed by atoms with Crippen LogP contribution in [0.1, 0.15) is 64.7 Å². The maximum atomic E-state index is 10.5. The van der Waals surface area contributed by atoms with Crippen LogP contribution in [0.4, 0.5) is 17.8 Å².